The van der Waals surface area contributed by atoms with Gasteiger partial charge in [-0.1, -0.05) is 57.2 Å². The Labute approximate surface area is 211 Å². The fourth-order valence-corrected chi connectivity index (χ4v) is 5.84. The minimum atomic E-state index is 0.110. The molecule has 34 heavy (non-hydrogen) atoms. The van der Waals surface area contributed by atoms with Gasteiger partial charge >= 0.3 is 0 Å². The first kappa shape index (κ1) is 24.4. The quantitative estimate of drug-likeness (QED) is 0.154. The van der Waals surface area contributed by atoms with Crippen LogP contribution in [0.3, 0.4) is 0 Å². The number of allylic oxidation sites excluding steroid dienone is 1. The number of amidine groups is 1. The molecule has 3 nitrogen and oxygen atoms in total. The Balaban J connectivity index is 1.67. The van der Waals surface area contributed by atoms with E-state index in [0.717, 1.165) is 5.01 Å². The van der Waals surface area contributed by atoms with E-state index in [4.69, 9.17) is 5.41 Å². The summed E-state index contributed by atoms with van der Waals surface area (Å²) in [5.74, 6) is 0.844. The average molecular weight is 488 g/mol. The van der Waals surface area contributed by atoms with Gasteiger partial charge in [0, 0.05) is 41.6 Å². The molecule has 0 aliphatic heterocycles. The number of thiazole rings is 1. The van der Waals surface area contributed by atoms with Gasteiger partial charge in [-0.3, -0.25) is 5.41 Å². The van der Waals surface area contributed by atoms with Crippen molar-refractivity contribution >= 4 is 38.6 Å². The summed E-state index contributed by atoms with van der Waals surface area (Å²) in [6.07, 6.45) is 4.52. The summed E-state index contributed by atoms with van der Waals surface area (Å²) < 4.78 is 1.29. The maximum Gasteiger partial charge on any atom is 0.112 e. The predicted molar refractivity (Wildman–Crippen MR) is 149 cm³/mol. The molecule has 0 saturated carbocycles. The zero-order chi connectivity index (χ0) is 24.3. The summed E-state index contributed by atoms with van der Waals surface area (Å²) in [6.45, 7) is 11.6. The van der Waals surface area contributed by atoms with Crippen LogP contribution in [0.25, 0.3) is 10.1 Å². The Morgan fingerprint density at radius 1 is 1.06 bits per heavy atom. The van der Waals surface area contributed by atoms with Crippen LogP contribution in [-0.4, -0.2) is 22.8 Å². The second kappa shape index (κ2) is 10.2. The summed E-state index contributed by atoms with van der Waals surface area (Å²) in [5, 5.41) is 15.4. The highest BCUT2D eigenvalue weighted by Gasteiger charge is 2.26. The highest BCUT2D eigenvalue weighted by atomic mass is 32.1. The van der Waals surface area contributed by atoms with E-state index in [1.807, 2.05) is 23.5 Å². The fraction of sp³-hybridized carbons (Fsp3) is 0.310. The first-order valence-electron chi connectivity index (χ1n) is 11.6. The number of rotatable bonds is 8. The molecule has 0 fully saturated rings. The first-order valence-corrected chi connectivity index (χ1v) is 13.4. The van der Waals surface area contributed by atoms with Crippen molar-refractivity contribution in [1.82, 2.24) is 9.88 Å². The van der Waals surface area contributed by atoms with Crippen molar-refractivity contribution in [2.75, 3.05) is 7.05 Å². The summed E-state index contributed by atoms with van der Waals surface area (Å²) in [7, 11) is 1.99. The van der Waals surface area contributed by atoms with Gasteiger partial charge in [-0.25, -0.2) is 4.98 Å². The molecule has 2 heterocycles. The summed E-state index contributed by atoms with van der Waals surface area (Å²) in [6, 6.07) is 17.9. The number of aromatic nitrogens is 1. The zero-order valence-corrected chi connectivity index (χ0v) is 22.0. The zero-order valence-electron chi connectivity index (χ0n) is 20.4. The van der Waals surface area contributed by atoms with Crippen LogP contribution in [0.4, 0.5) is 0 Å². The lowest BCUT2D eigenvalue weighted by atomic mass is 9.77. The summed E-state index contributed by atoms with van der Waals surface area (Å²) in [5.41, 5.74) is 3.94. The molecule has 0 bridgehead atoms. The number of nitrogens with one attached hydrogen (secondary N) is 1. The maximum absolute atomic E-state index is 8.93. The molecular weight excluding hydrogens is 454 g/mol. The largest absolute Gasteiger partial charge is 0.357 e. The molecule has 4 aromatic rings. The molecule has 0 aliphatic rings. The monoisotopic (exact) mass is 487 g/mol. The normalized spacial score (nSPS) is 13.5. The number of benzene rings is 2. The van der Waals surface area contributed by atoms with Crippen molar-refractivity contribution in [2.24, 2.45) is 0 Å². The lowest BCUT2D eigenvalue weighted by molar-refractivity contribution is 0.469. The Morgan fingerprint density at radius 3 is 2.44 bits per heavy atom. The van der Waals surface area contributed by atoms with E-state index in [1.54, 1.807) is 22.7 Å². The van der Waals surface area contributed by atoms with Gasteiger partial charge < -0.3 is 4.90 Å². The summed E-state index contributed by atoms with van der Waals surface area (Å²) in [4.78, 5) is 6.41. The third-order valence-corrected chi connectivity index (χ3v) is 8.15. The van der Waals surface area contributed by atoms with Crippen LogP contribution in [0, 0.1) is 5.41 Å². The van der Waals surface area contributed by atoms with Crippen molar-refractivity contribution in [1.29, 1.82) is 5.41 Å². The van der Waals surface area contributed by atoms with Gasteiger partial charge in [0.15, 0.2) is 0 Å². The minimum Gasteiger partial charge on any atom is -0.357 e. The van der Waals surface area contributed by atoms with Crippen molar-refractivity contribution in [3.05, 3.63) is 99.8 Å². The second-order valence-electron chi connectivity index (χ2n) is 9.89. The van der Waals surface area contributed by atoms with Gasteiger partial charge in [0.2, 0.25) is 0 Å². The van der Waals surface area contributed by atoms with Gasteiger partial charge in [-0.2, -0.15) is 0 Å². The fourth-order valence-electron chi connectivity index (χ4n) is 4.40. The molecule has 0 radical (unpaired) electrons. The Bertz CT molecular complexity index is 1250. The lowest BCUT2D eigenvalue weighted by Crippen LogP contribution is -2.28. The number of nitrogens with zero attached hydrogens (tertiary/aromatic N) is 2. The number of thiophene rings is 1. The molecular formula is C29H33N3S2. The van der Waals surface area contributed by atoms with Gasteiger partial charge in [0.05, 0.1) is 12.4 Å². The van der Waals surface area contributed by atoms with Gasteiger partial charge in [-0.05, 0) is 51.1 Å². The van der Waals surface area contributed by atoms with E-state index in [1.165, 1.54) is 26.8 Å². The third-order valence-electron chi connectivity index (χ3n) is 6.48. The van der Waals surface area contributed by atoms with Gasteiger partial charge in [0.1, 0.15) is 5.01 Å². The molecule has 0 amide bonds. The van der Waals surface area contributed by atoms with E-state index >= 15 is 0 Å². The lowest BCUT2D eigenvalue weighted by Gasteiger charge is -2.29. The maximum atomic E-state index is 8.93. The first-order chi connectivity index (χ1) is 16.3. The number of fused-ring (bicyclic) bond motifs is 1. The molecule has 0 spiro atoms. The molecule has 1 N–H and O–H groups in total. The van der Waals surface area contributed by atoms with Crippen molar-refractivity contribution in [3.63, 3.8) is 0 Å². The number of hydrogen-bond acceptors (Lipinski definition) is 4. The molecule has 0 aliphatic carbocycles. The third kappa shape index (κ3) is 5.48. The average Bonchev–Trinajstić information content (AvgIpc) is 3.50. The summed E-state index contributed by atoms with van der Waals surface area (Å²) >= 11 is 3.40. The molecule has 5 heteroatoms. The van der Waals surface area contributed by atoms with Crippen LogP contribution in [0.1, 0.15) is 60.7 Å². The van der Waals surface area contributed by atoms with Crippen molar-refractivity contribution < 1.29 is 0 Å². The van der Waals surface area contributed by atoms with Crippen LogP contribution < -0.4 is 0 Å². The highest BCUT2D eigenvalue weighted by Crippen LogP contribution is 2.39. The van der Waals surface area contributed by atoms with Gasteiger partial charge in [-0.15, -0.1) is 29.3 Å². The van der Waals surface area contributed by atoms with Crippen LogP contribution in [0.2, 0.25) is 0 Å². The highest BCUT2D eigenvalue weighted by molar-refractivity contribution is 7.17. The molecule has 0 saturated heterocycles. The molecule has 2 aromatic heterocycles. The molecule has 4 rings (SSSR count). The minimum absolute atomic E-state index is 0.110. The molecule has 1 unspecified atom stereocenters. The van der Waals surface area contributed by atoms with E-state index in [0.29, 0.717) is 18.8 Å². The predicted octanol–water partition coefficient (Wildman–Crippen LogP) is 8.21. The van der Waals surface area contributed by atoms with Crippen molar-refractivity contribution in [3.8, 4) is 0 Å². The van der Waals surface area contributed by atoms with E-state index in [-0.39, 0.29) is 17.3 Å². The Kier molecular flexibility index (Phi) is 7.34. The van der Waals surface area contributed by atoms with Crippen LogP contribution in [0.15, 0.2) is 78.1 Å². The topological polar surface area (TPSA) is 40.0 Å². The molecule has 176 valence electrons. The SMILES string of the molecule is C=C[C@H](c1ccc(C(C)(C)C)cc1)C(CC(=N)N(C)Cc1nccs1)c1ccc2sccc2c1. The van der Waals surface area contributed by atoms with E-state index in [9.17, 15) is 0 Å². The smallest absolute Gasteiger partial charge is 0.112 e. The number of hydrogen-bond donors (Lipinski definition) is 1. The molecule has 2 atom stereocenters. The van der Waals surface area contributed by atoms with Gasteiger partial charge in [0.25, 0.3) is 0 Å². The van der Waals surface area contributed by atoms with E-state index in [2.05, 4.69) is 92.3 Å². The standard InChI is InChI=1S/C29H33N3S2/c1-6-24(20-7-10-23(11-8-20)29(2,3)4)25(21-9-12-26-22(17-21)13-15-33-26)18-27(30)32(5)19-28-31-14-16-34-28/h6-17,24-25,30H,1,18-19H2,2-5H3/t24-,25?/m1/s1. The van der Waals surface area contributed by atoms with E-state index < -0.39 is 0 Å². The second-order valence-corrected chi connectivity index (χ2v) is 11.8. The van der Waals surface area contributed by atoms with Crippen LogP contribution in [-0.2, 0) is 12.0 Å². The Morgan fingerprint density at radius 2 is 1.79 bits per heavy atom. The van der Waals surface area contributed by atoms with Crippen molar-refractivity contribution in [2.45, 2.75) is 51.0 Å². The molecule has 2 aromatic carbocycles. The Hall–Kier alpha value is -2.76. The van der Waals surface area contributed by atoms with Crippen LogP contribution >= 0.6 is 22.7 Å². The van der Waals surface area contributed by atoms with Crippen LogP contribution in [0.5, 0.6) is 0 Å².